The van der Waals surface area contributed by atoms with Crippen molar-refractivity contribution in [3.63, 3.8) is 0 Å². The Morgan fingerprint density at radius 1 is 1.15 bits per heavy atom. The summed E-state index contributed by atoms with van der Waals surface area (Å²) >= 11 is 1.73. The molecular weight excluding hydrogens is 356 g/mol. The minimum Gasteiger partial charge on any atom is -0.377 e. The lowest BCUT2D eigenvalue weighted by atomic mass is 10.1. The zero-order valence-corrected chi connectivity index (χ0v) is 16.1. The summed E-state index contributed by atoms with van der Waals surface area (Å²) in [5.41, 5.74) is 0.840. The van der Waals surface area contributed by atoms with E-state index in [1.54, 1.807) is 11.3 Å². The fraction of sp³-hybridized carbons (Fsp3) is 0.318. The van der Waals surface area contributed by atoms with Gasteiger partial charge in [0, 0.05) is 30.3 Å². The predicted octanol–water partition coefficient (Wildman–Crippen LogP) is 4.52. The summed E-state index contributed by atoms with van der Waals surface area (Å²) in [6.45, 7) is 2.77. The molecule has 0 bridgehead atoms. The molecule has 1 atom stereocenters. The number of nitrogens with zero attached hydrogens (tertiary/aromatic N) is 1. The number of amides is 1. The minimum absolute atomic E-state index is 0.0137. The second-order valence-electron chi connectivity index (χ2n) is 6.99. The zero-order chi connectivity index (χ0) is 18.5. The van der Waals surface area contributed by atoms with Crippen LogP contribution in [0.4, 0.5) is 5.69 Å². The highest BCUT2D eigenvalue weighted by Gasteiger charge is 2.21. The number of anilines is 1. The van der Waals surface area contributed by atoms with Gasteiger partial charge in [-0.3, -0.25) is 9.69 Å². The fourth-order valence-corrected chi connectivity index (χ4v) is 4.30. The molecule has 0 aliphatic carbocycles. The van der Waals surface area contributed by atoms with Crippen molar-refractivity contribution in [2.45, 2.75) is 25.5 Å². The molecule has 27 heavy (non-hydrogen) atoms. The van der Waals surface area contributed by atoms with Gasteiger partial charge in [-0.1, -0.05) is 36.4 Å². The van der Waals surface area contributed by atoms with E-state index >= 15 is 0 Å². The van der Waals surface area contributed by atoms with Crippen LogP contribution in [0, 0.1) is 0 Å². The van der Waals surface area contributed by atoms with Gasteiger partial charge in [-0.15, -0.1) is 11.3 Å². The third kappa shape index (κ3) is 4.95. The van der Waals surface area contributed by atoms with Crippen LogP contribution in [0.5, 0.6) is 0 Å². The van der Waals surface area contributed by atoms with Gasteiger partial charge in [0.25, 0.3) is 0 Å². The van der Waals surface area contributed by atoms with E-state index in [1.165, 1.54) is 10.3 Å². The quantitative estimate of drug-likeness (QED) is 0.655. The molecule has 0 unspecified atom stereocenters. The minimum atomic E-state index is 0.0137. The Labute approximate surface area is 163 Å². The topological polar surface area (TPSA) is 41.6 Å². The van der Waals surface area contributed by atoms with Crippen molar-refractivity contribution in [3.05, 3.63) is 64.9 Å². The Kier molecular flexibility index (Phi) is 5.82. The third-order valence-electron chi connectivity index (χ3n) is 4.85. The first-order chi connectivity index (χ1) is 13.3. The highest BCUT2D eigenvalue weighted by Crippen LogP contribution is 2.20. The number of hydrogen-bond acceptors (Lipinski definition) is 4. The maximum atomic E-state index is 12.7. The van der Waals surface area contributed by atoms with E-state index in [2.05, 4.69) is 39.9 Å². The van der Waals surface area contributed by atoms with Gasteiger partial charge in [-0.2, -0.15) is 0 Å². The molecule has 3 aromatic rings. The Bertz CT molecular complexity index is 888. The second-order valence-corrected chi connectivity index (χ2v) is 8.03. The van der Waals surface area contributed by atoms with Crippen molar-refractivity contribution >= 4 is 33.7 Å². The standard InChI is InChI=1S/C22H24N2O2S/c25-22(23-19-10-9-17-5-1-2-6-18(17)13-19)16-24(14-20-7-3-11-26-20)15-21-8-4-12-27-21/h1-2,4-6,8-10,12-13,20H,3,7,11,14-16H2,(H,23,25)/t20-/m1/s1. The molecule has 140 valence electrons. The van der Waals surface area contributed by atoms with E-state index in [-0.39, 0.29) is 12.0 Å². The SMILES string of the molecule is O=C(CN(Cc1cccs1)C[C@H]1CCCO1)Nc1ccc2ccccc2c1. The number of fused-ring (bicyclic) bond motifs is 1. The highest BCUT2D eigenvalue weighted by atomic mass is 32.1. The van der Waals surface area contributed by atoms with Crippen LogP contribution in [0.2, 0.25) is 0 Å². The van der Waals surface area contributed by atoms with E-state index in [0.29, 0.717) is 6.54 Å². The van der Waals surface area contributed by atoms with Gasteiger partial charge in [-0.25, -0.2) is 0 Å². The molecule has 1 aliphatic rings. The maximum absolute atomic E-state index is 12.7. The van der Waals surface area contributed by atoms with Crippen molar-refractivity contribution in [2.75, 3.05) is 25.0 Å². The van der Waals surface area contributed by atoms with Crippen LogP contribution in [-0.4, -0.2) is 36.6 Å². The summed E-state index contributed by atoms with van der Waals surface area (Å²) < 4.78 is 5.78. The zero-order valence-electron chi connectivity index (χ0n) is 15.3. The van der Waals surface area contributed by atoms with Gasteiger partial charge in [0.15, 0.2) is 0 Å². The van der Waals surface area contributed by atoms with Crippen molar-refractivity contribution in [1.29, 1.82) is 0 Å². The van der Waals surface area contributed by atoms with Gasteiger partial charge < -0.3 is 10.1 Å². The predicted molar refractivity (Wildman–Crippen MR) is 111 cm³/mol. The van der Waals surface area contributed by atoms with Crippen LogP contribution in [0.15, 0.2) is 60.0 Å². The number of benzene rings is 2. The molecule has 1 saturated heterocycles. The normalized spacial score (nSPS) is 16.9. The second kappa shape index (κ2) is 8.65. The number of nitrogens with one attached hydrogen (secondary N) is 1. The average Bonchev–Trinajstić information content (AvgIpc) is 3.36. The summed E-state index contributed by atoms with van der Waals surface area (Å²) in [6.07, 6.45) is 2.42. The maximum Gasteiger partial charge on any atom is 0.238 e. The first-order valence-electron chi connectivity index (χ1n) is 9.41. The summed E-state index contributed by atoms with van der Waals surface area (Å²) in [7, 11) is 0. The Morgan fingerprint density at radius 2 is 2.04 bits per heavy atom. The summed E-state index contributed by atoms with van der Waals surface area (Å²) in [6, 6.07) is 18.4. The van der Waals surface area contributed by atoms with E-state index < -0.39 is 0 Å². The highest BCUT2D eigenvalue weighted by molar-refractivity contribution is 7.09. The smallest absolute Gasteiger partial charge is 0.238 e. The van der Waals surface area contributed by atoms with E-state index in [1.807, 2.05) is 30.3 Å². The van der Waals surface area contributed by atoms with Crippen LogP contribution in [-0.2, 0) is 16.1 Å². The Balaban J connectivity index is 1.41. The molecule has 2 heterocycles. The molecule has 4 nitrogen and oxygen atoms in total. The summed E-state index contributed by atoms with van der Waals surface area (Å²) in [4.78, 5) is 16.1. The van der Waals surface area contributed by atoms with Crippen LogP contribution < -0.4 is 5.32 Å². The van der Waals surface area contributed by atoms with Crippen molar-refractivity contribution in [1.82, 2.24) is 4.90 Å². The number of ether oxygens (including phenoxy) is 1. The molecule has 1 aromatic heterocycles. The van der Waals surface area contributed by atoms with E-state index in [9.17, 15) is 4.79 Å². The molecule has 0 saturated carbocycles. The molecule has 1 fully saturated rings. The van der Waals surface area contributed by atoms with Crippen LogP contribution in [0.25, 0.3) is 10.8 Å². The van der Waals surface area contributed by atoms with Crippen molar-refractivity contribution < 1.29 is 9.53 Å². The Morgan fingerprint density at radius 3 is 2.81 bits per heavy atom. The van der Waals surface area contributed by atoms with Gasteiger partial charge in [0.1, 0.15) is 0 Å². The lowest BCUT2D eigenvalue weighted by molar-refractivity contribution is -0.117. The molecule has 2 aromatic carbocycles. The molecular formula is C22H24N2O2S. The van der Waals surface area contributed by atoms with Gasteiger partial charge in [-0.05, 0) is 47.2 Å². The summed E-state index contributed by atoms with van der Waals surface area (Å²) in [5, 5.41) is 7.43. The van der Waals surface area contributed by atoms with Crippen molar-refractivity contribution in [2.24, 2.45) is 0 Å². The third-order valence-corrected chi connectivity index (χ3v) is 5.71. The molecule has 0 spiro atoms. The number of carbonyl (C=O) groups is 1. The van der Waals surface area contributed by atoms with Crippen LogP contribution in [0.3, 0.4) is 0 Å². The first-order valence-corrected chi connectivity index (χ1v) is 10.3. The molecule has 1 aliphatic heterocycles. The van der Waals surface area contributed by atoms with E-state index in [4.69, 9.17) is 4.74 Å². The van der Waals surface area contributed by atoms with Crippen molar-refractivity contribution in [3.8, 4) is 0 Å². The number of carbonyl (C=O) groups excluding carboxylic acids is 1. The molecule has 1 N–H and O–H groups in total. The molecule has 5 heteroatoms. The lowest BCUT2D eigenvalue weighted by Crippen LogP contribution is -2.37. The average molecular weight is 381 g/mol. The van der Waals surface area contributed by atoms with E-state index in [0.717, 1.165) is 43.6 Å². The Hall–Kier alpha value is -2.21. The van der Waals surface area contributed by atoms with Gasteiger partial charge in [0.2, 0.25) is 5.91 Å². The van der Waals surface area contributed by atoms with Crippen LogP contribution in [0.1, 0.15) is 17.7 Å². The van der Waals surface area contributed by atoms with Gasteiger partial charge >= 0.3 is 0 Å². The molecule has 1 amide bonds. The van der Waals surface area contributed by atoms with Gasteiger partial charge in [0.05, 0.1) is 12.6 Å². The molecule has 4 rings (SSSR count). The monoisotopic (exact) mass is 380 g/mol. The molecule has 0 radical (unpaired) electrons. The number of rotatable bonds is 7. The lowest BCUT2D eigenvalue weighted by Gasteiger charge is -2.24. The first kappa shape index (κ1) is 18.2. The summed E-state index contributed by atoms with van der Waals surface area (Å²) in [5.74, 6) is 0.0137. The fourth-order valence-electron chi connectivity index (χ4n) is 3.55. The number of thiophene rings is 1. The largest absolute Gasteiger partial charge is 0.377 e. The van der Waals surface area contributed by atoms with Crippen LogP contribution >= 0.6 is 11.3 Å². The number of hydrogen-bond donors (Lipinski definition) is 1.